The summed E-state index contributed by atoms with van der Waals surface area (Å²) < 4.78 is 15.6. The molecular weight excluding hydrogens is 234 g/mol. The van der Waals surface area contributed by atoms with E-state index in [1.54, 1.807) is 6.07 Å². The number of nitrogens with zero attached hydrogens (tertiary/aromatic N) is 2. The lowest BCUT2D eigenvalue weighted by molar-refractivity contribution is 0.189. The molecule has 0 radical (unpaired) electrons. The molecular formula is C12H21N3O3. The van der Waals surface area contributed by atoms with Crippen molar-refractivity contribution in [2.24, 2.45) is 5.73 Å². The molecule has 0 fully saturated rings. The maximum atomic E-state index is 6.14. The van der Waals surface area contributed by atoms with E-state index in [1.165, 1.54) is 14.2 Å². The van der Waals surface area contributed by atoms with Gasteiger partial charge in [0.15, 0.2) is 0 Å². The number of hydrogen-bond acceptors (Lipinski definition) is 6. The maximum Gasteiger partial charge on any atom is 0.323 e. The van der Waals surface area contributed by atoms with Gasteiger partial charge in [-0.05, 0) is 12.8 Å². The zero-order chi connectivity index (χ0) is 13.6. The van der Waals surface area contributed by atoms with E-state index in [0.29, 0.717) is 18.4 Å². The molecule has 0 saturated carbocycles. The Hall–Kier alpha value is -1.56. The standard InChI is InChI=1S/C12H21N3O3/c1-5-12(13,6-2)8-18-11-14-9(16-3)7-10(15-11)17-4/h7H,5-6,8,13H2,1-4H3. The van der Waals surface area contributed by atoms with Gasteiger partial charge >= 0.3 is 6.01 Å². The predicted molar refractivity (Wildman–Crippen MR) is 68.1 cm³/mol. The summed E-state index contributed by atoms with van der Waals surface area (Å²) in [5, 5.41) is 0. The van der Waals surface area contributed by atoms with Gasteiger partial charge in [0.2, 0.25) is 11.8 Å². The second-order valence-corrected chi connectivity index (χ2v) is 4.09. The van der Waals surface area contributed by atoms with Gasteiger partial charge in [-0.1, -0.05) is 13.8 Å². The van der Waals surface area contributed by atoms with Gasteiger partial charge in [0.1, 0.15) is 6.61 Å². The van der Waals surface area contributed by atoms with Gasteiger partial charge < -0.3 is 19.9 Å². The van der Waals surface area contributed by atoms with Crippen LogP contribution in [0.15, 0.2) is 6.07 Å². The summed E-state index contributed by atoms with van der Waals surface area (Å²) in [5.74, 6) is 0.792. The highest BCUT2D eigenvalue weighted by atomic mass is 16.5. The number of methoxy groups -OCH3 is 2. The summed E-state index contributed by atoms with van der Waals surface area (Å²) in [4.78, 5) is 8.16. The van der Waals surface area contributed by atoms with Crippen LogP contribution in [0.1, 0.15) is 26.7 Å². The summed E-state index contributed by atoms with van der Waals surface area (Å²) in [5.41, 5.74) is 5.78. The minimum Gasteiger partial charge on any atom is -0.481 e. The average molecular weight is 255 g/mol. The molecule has 0 aliphatic rings. The molecule has 0 aromatic carbocycles. The lowest BCUT2D eigenvalue weighted by Gasteiger charge is -2.25. The van der Waals surface area contributed by atoms with Gasteiger partial charge in [0.05, 0.1) is 20.3 Å². The van der Waals surface area contributed by atoms with Crippen molar-refractivity contribution in [2.45, 2.75) is 32.2 Å². The summed E-state index contributed by atoms with van der Waals surface area (Å²) >= 11 is 0. The van der Waals surface area contributed by atoms with E-state index < -0.39 is 0 Å². The van der Waals surface area contributed by atoms with Crippen molar-refractivity contribution in [3.8, 4) is 17.8 Å². The molecule has 0 aliphatic heterocycles. The van der Waals surface area contributed by atoms with Crippen molar-refractivity contribution in [1.29, 1.82) is 0 Å². The molecule has 2 N–H and O–H groups in total. The molecule has 0 amide bonds. The average Bonchev–Trinajstić information content (AvgIpc) is 2.44. The Morgan fingerprint density at radius 2 is 1.61 bits per heavy atom. The van der Waals surface area contributed by atoms with E-state index in [-0.39, 0.29) is 11.5 Å². The molecule has 1 rings (SSSR count). The van der Waals surface area contributed by atoms with Gasteiger partial charge in [-0.3, -0.25) is 0 Å². The van der Waals surface area contributed by atoms with Crippen molar-refractivity contribution in [3.05, 3.63) is 6.07 Å². The summed E-state index contributed by atoms with van der Waals surface area (Å²) in [6, 6.07) is 1.80. The quantitative estimate of drug-likeness (QED) is 0.793. The largest absolute Gasteiger partial charge is 0.481 e. The smallest absolute Gasteiger partial charge is 0.323 e. The summed E-state index contributed by atoms with van der Waals surface area (Å²) in [6.45, 7) is 4.41. The molecule has 18 heavy (non-hydrogen) atoms. The van der Waals surface area contributed by atoms with Gasteiger partial charge in [-0.15, -0.1) is 0 Å². The van der Waals surface area contributed by atoms with Crippen LogP contribution in [0, 0.1) is 0 Å². The SMILES string of the molecule is CCC(N)(CC)COc1nc(OC)cc(OC)n1. The monoisotopic (exact) mass is 255 g/mol. The topological polar surface area (TPSA) is 79.5 Å². The number of aromatic nitrogens is 2. The molecule has 6 nitrogen and oxygen atoms in total. The van der Waals surface area contributed by atoms with E-state index >= 15 is 0 Å². The summed E-state index contributed by atoms with van der Waals surface area (Å²) in [7, 11) is 3.05. The van der Waals surface area contributed by atoms with E-state index in [2.05, 4.69) is 9.97 Å². The Bertz CT molecular complexity index is 359. The predicted octanol–water partition coefficient (Wildman–Crippen LogP) is 1.39. The summed E-state index contributed by atoms with van der Waals surface area (Å²) in [6.07, 6.45) is 1.65. The maximum absolute atomic E-state index is 6.14. The molecule has 0 spiro atoms. The Morgan fingerprint density at radius 3 is 2.00 bits per heavy atom. The lowest BCUT2D eigenvalue weighted by atomic mass is 9.96. The van der Waals surface area contributed by atoms with Gasteiger partial charge in [-0.25, -0.2) is 0 Å². The van der Waals surface area contributed by atoms with Crippen LogP contribution in [-0.4, -0.2) is 36.3 Å². The Kier molecular flexibility index (Phi) is 5.15. The molecule has 6 heteroatoms. The molecule has 0 atom stereocenters. The van der Waals surface area contributed by atoms with Gasteiger partial charge in [-0.2, -0.15) is 9.97 Å². The molecule has 1 aromatic heterocycles. The fourth-order valence-electron chi connectivity index (χ4n) is 1.32. The first-order valence-electron chi connectivity index (χ1n) is 5.95. The lowest BCUT2D eigenvalue weighted by Crippen LogP contribution is -2.44. The Morgan fingerprint density at radius 1 is 1.11 bits per heavy atom. The molecule has 1 heterocycles. The Labute approximate surface area is 107 Å². The van der Waals surface area contributed by atoms with Crippen LogP contribution in [0.2, 0.25) is 0 Å². The van der Waals surface area contributed by atoms with Crippen LogP contribution in [0.4, 0.5) is 0 Å². The van der Waals surface area contributed by atoms with Crippen molar-refractivity contribution in [1.82, 2.24) is 9.97 Å². The third-order valence-corrected chi connectivity index (χ3v) is 2.97. The first-order valence-corrected chi connectivity index (χ1v) is 5.95. The number of nitrogens with two attached hydrogens (primary N) is 1. The minimum absolute atomic E-state index is 0.211. The fourth-order valence-corrected chi connectivity index (χ4v) is 1.32. The highest BCUT2D eigenvalue weighted by Gasteiger charge is 2.22. The molecule has 0 unspecified atom stereocenters. The van der Waals surface area contributed by atoms with Gasteiger partial charge in [0.25, 0.3) is 0 Å². The van der Waals surface area contributed by atoms with Crippen molar-refractivity contribution in [3.63, 3.8) is 0 Å². The second kappa shape index (κ2) is 6.39. The third-order valence-electron chi connectivity index (χ3n) is 2.97. The zero-order valence-electron chi connectivity index (χ0n) is 11.4. The van der Waals surface area contributed by atoms with Crippen LogP contribution >= 0.6 is 0 Å². The van der Waals surface area contributed by atoms with Crippen LogP contribution in [0.3, 0.4) is 0 Å². The number of ether oxygens (including phenoxy) is 3. The normalized spacial score (nSPS) is 11.2. The number of rotatable bonds is 7. The minimum atomic E-state index is -0.361. The molecule has 0 bridgehead atoms. The van der Waals surface area contributed by atoms with Crippen LogP contribution in [0.5, 0.6) is 17.8 Å². The van der Waals surface area contributed by atoms with E-state index in [1.807, 2.05) is 13.8 Å². The van der Waals surface area contributed by atoms with Crippen LogP contribution in [0.25, 0.3) is 0 Å². The zero-order valence-corrected chi connectivity index (χ0v) is 11.4. The number of hydrogen-bond donors (Lipinski definition) is 1. The van der Waals surface area contributed by atoms with Gasteiger partial charge in [0, 0.05) is 5.54 Å². The Balaban J connectivity index is 2.78. The fraction of sp³-hybridized carbons (Fsp3) is 0.667. The molecule has 0 saturated heterocycles. The highest BCUT2D eigenvalue weighted by Crippen LogP contribution is 2.20. The molecule has 102 valence electrons. The first-order chi connectivity index (χ1) is 8.56. The highest BCUT2D eigenvalue weighted by molar-refractivity contribution is 5.22. The van der Waals surface area contributed by atoms with Crippen molar-refractivity contribution in [2.75, 3.05) is 20.8 Å². The van der Waals surface area contributed by atoms with Crippen LogP contribution < -0.4 is 19.9 Å². The molecule has 0 aliphatic carbocycles. The van der Waals surface area contributed by atoms with Crippen molar-refractivity contribution >= 4 is 0 Å². The molecule has 1 aromatic rings. The van der Waals surface area contributed by atoms with Crippen molar-refractivity contribution < 1.29 is 14.2 Å². The van der Waals surface area contributed by atoms with Crippen LogP contribution in [-0.2, 0) is 0 Å². The second-order valence-electron chi connectivity index (χ2n) is 4.09. The van der Waals surface area contributed by atoms with E-state index in [0.717, 1.165) is 12.8 Å². The first kappa shape index (κ1) is 14.5. The van der Waals surface area contributed by atoms with E-state index in [9.17, 15) is 0 Å². The van der Waals surface area contributed by atoms with E-state index in [4.69, 9.17) is 19.9 Å². The third kappa shape index (κ3) is 3.73.